The lowest BCUT2D eigenvalue weighted by molar-refractivity contribution is 0.223. The highest BCUT2D eigenvalue weighted by molar-refractivity contribution is 9.09. The zero-order chi connectivity index (χ0) is 13.1. The highest BCUT2D eigenvalue weighted by Gasteiger charge is 2.30. The second-order valence-corrected chi connectivity index (χ2v) is 7.35. The van der Waals surface area contributed by atoms with E-state index in [-0.39, 0.29) is 0 Å². The molecule has 1 saturated carbocycles. The average molecular weight is 331 g/mol. The summed E-state index contributed by atoms with van der Waals surface area (Å²) in [6.45, 7) is 4.69. The monoisotopic (exact) mass is 329 g/mol. The Morgan fingerprint density at radius 3 is 2.89 bits per heavy atom. The Kier molecular flexibility index (Phi) is 5.08. The predicted molar refractivity (Wildman–Crippen MR) is 81.3 cm³/mol. The second kappa shape index (κ2) is 6.38. The molecule has 0 N–H and O–H groups in total. The van der Waals surface area contributed by atoms with E-state index < -0.39 is 0 Å². The SMILES string of the molecule is CC(C)C1CCC(Br)C(Cc2ccncc2Cl)C1. The van der Waals surface area contributed by atoms with E-state index in [9.17, 15) is 0 Å². The van der Waals surface area contributed by atoms with Gasteiger partial charge in [-0.2, -0.15) is 0 Å². The summed E-state index contributed by atoms with van der Waals surface area (Å²) in [6, 6.07) is 2.06. The Labute approximate surface area is 123 Å². The van der Waals surface area contributed by atoms with Crippen LogP contribution in [0.15, 0.2) is 18.5 Å². The maximum Gasteiger partial charge on any atom is 0.0621 e. The molecule has 3 atom stereocenters. The van der Waals surface area contributed by atoms with Gasteiger partial charge in [-0.15, -0.1) is 0 Å². The van der Waals surface area contributed by atoms with Gasteiger partial charge < -0.3 is 0 Å². The molecule has 0 radical (unpaired) electrons. The first kappa shape index (κ1) is 14.3. The van der Waals surface area contributed by atoms with Gasteiger partial charge in [-0.1, -0.05) is 41.4 Å². The average Bonchev–Trinajstić information content (AvgIpc) is 2.34. The third kappa shape index (κ3) is 3.48. The van der Waals surface area contributed by atoms with Gasteiger partial charge in [0.2, 0.25) is 0 Å². The highest BCUT2D eigenvalue weighted by atomic mass is 79.9. The lowest BCUT2D eigenvalue weighted by Gasteiger charge is -2.35. The molecule has 1 aliphatic rings. The Morgan fingerprint density at radius 1 is 1.44 bits per heavy atom. The van der Waals surface area contributed by atoms with Crippen LogP contribution in [0.1, 0.15) is 38.7 Å². The summed E-state index contributed by atoms with van der Waals surface area (Å²) in [5.74, 6) is 2.36. The lowest BCUT2D eigenvalue weighted by atomic mass is 9.74. The quantitative estimate of drug-likeness (QED) is 0.701. The van der Waals surface area contributed by atoms with E-state index >= 15 is 0 Å². The molecule has 2 rings (SSSR count). The molecular weight excluding hydrogens is 310 g/mol. The van der Waals surface area contributed by atoms with Crippen molar-refractivity contribution in [2.24, 2.45) is 17.8 Å². The van der Waals surface area contributed by atoms with Crippen LogP contribution in [0.2, 0.25) is 5.02 Å². The molecule has 0 amide bonds. The van der Waals surface area contributed by atoms with Crippen LogP contribution in [0.25, 0.3) is 0 Å². The normalized spacial score (nSPS) is 28.6. The van der Waals surface area contributed by atoms with Gasteiger partial charge in [0.05, 0.1) is 5.02 Å². The summed E-state index contributed by atoms with van der Waals surface area (Å²) < 4.78 is 0. The molecular formula is C15H21BrClN. The van der Waals surface area contributed by atoms with Crippen LogP contribution in [0, 0.1) is 17.8 Å². The molecule has 0 aliphatic heterocycles. The number of nitrogens with zero attached hydrogens (tertiary/aromatic N) is 1. The molecule has 1 aromatic rings. The van der Waals surface area contributed by atoms with Gasteiger partial charge in [0, 0.05) is 17.2 Å². The maximum absolute atomic E-state index is 6.21. The van der Waals surface area contributed by atoms with Gasteiger partial charge in [0.15, 0.2) is 0 Å². The van der Waals surface area contributed by atoms with E-state index in [1.54, 1.807) is 6.20 Å². The fourth-order valence-electron chi connectivity index (χ4n) is 2.93. The van der Waals surface area contributed by atoms with Gasteiger partial charge in [-0.3, -0.25) is 4.98 Å². The molecule has 1 nitrogen and oxygen atoms in total. The standard InChI is InChI=1S/C15H21BrClN/c1-10(2)11-3-4-14(16)13(7-11)8-12-5-6-18-9-15(12)17/h5-6,9-11,13-14H,3-4,7-8H2,1-2H3. The zero-order valence-electron chi connectivity index (χ0n) is 11.1. The second-order valence-electron chi connectivity index (χ2n) is 5.76. The van der Waals surface area contributed by atoms with Crippen molar-refractivity contribution >= 4 is 27.5 Å². The van der Waals surface area contributed by atoms with E-state index in [2.05, 4.69) is 40.8 Å². The number of alkyl halides is 1. The van der Waals surface area contributed by atoms with Crippen LogP contribution in [0.4, 0.5) is 0 Å². The maximum atomic E-state index is 6.21. The van der Waals surface area contributed by atoms with Crippen LogP contribution in [-0.4, -0.2) is 9.81 Å². The predicted octanol–water partition coefficient (Wildman–Crippen LogP) is 5.11. The van der Waals surface area contributed by atoms with Gasteiger partial charge in [-0.25, -0.2) is 0 Å². The van der Waals surface area contributed by atoms with Gasteiger partial charge in [0.1, 0.15) is 0 Å². The molecule has 1 aromatic heterocycles. The molecule has 3 heteroatoms. The number of rotatable bonds is 3. The van der Waals surface area contributed by atoms with E-state index in [0.29, 0.717) is 10.7 Å². The Morgan fingerprint density at radius 2 is 2.22 bits per heavy atom. The third-order valence-corrected chi connectivity index (χ3v) is 5.76. The summed E-state index contributed by atoms with van der Waals surface area (Å²) in [5.41, 5.74) is 1.24. The van der Waals surface area contributed by atoms with E-state index in [1.165, 1.54) is 24.8 Å². The molecule has 100 valence electrons. The van der Waals surface area contributed by atoms with Gasteiger partial charge in [0.25, 0.3) is 0 Å². The van der Waals surface area contributed by atoms with Crippen LogP contribution in [0.5, 0.6) is 0 Å². The van der Waals surface area contributed by atoms with Crippen molar-refractivity contribution in [3.8, 4) is 0 Å². The van der Waals surface area contributed by atoms with Crippen molar-refractivity contribution in [2.75, 3.05) is 0 Å². The van der Waals surface area contributed by atoms with Crippen LogP contribution in [-0.2, 0) is 6.42 Å². The smallest absolute Gasteiger partial charge is 0.0621 e. The molecule has 1 fully saturated rings. The van der Waals surface area contributed by atoms with Crippen molar-refractivity contribution in [2.45, 2.75) is 44.4 Å². The Balaban J connectivity index is 2.05. The first-order valence-corrected chi connectivity index (χ1v) is 8.09. The van der Waals surface area contributed by atoms with Gasteiger partial charge in [-0.05, 0) is 55.1 Å². The van der Waals surface area contributed by atoms with Crippen molar-refractivity contribution in [3.05, 3.63) is 29.0 Å². The highest BCUT2D eigenvalue weighted by Crippen LogP contribution is 2.39. The first-order valence-electron chi connectivity index (χ1n) is 6.80. The molecule has 18 heavy (non-hydrogen) atoms. The van der Waals surface area contributed by atoms with E-state index in [0.717, 1.165) is 23.3 Å². The fourth-order valence-corrected chi connectivity index (χ4v) is 3.80. The molecule has 0 bridgehead atoms. The van der Waals surface area contributed by atoms with Crippen molar-refractivity contribution in [1.82, 2.24) is 4.98 Å². The molecule has 0 spiro atoms. The fraction of sp³-hybridized carbons (Fsp3) is 0.667. The summed E-state index contributed by atoms with van der Waals surface area (Å²) in [4.78, 5) is 4.69. The number of hydrogen-bond donors (Lipinski definition) is 0. The summed E-state index contributed by atoms with van der Waals surface area (Å²) >= 11 is 10.1. The summed E-state index contributed by atoms with van der Waals surface area (Å²) in [5, 5.41) is 0.809. The minimum atomic E-state index is 0.636. The molecule has 1 aliphatic carbocycles. The Bertz CT molecular complexity index is 394. The third-order valence-electron chi connectivity index (χ3n) is 4.21. The number of pyridine rings is 1. The Hall–Kier alpha value is -0.0800. The minimum absolute atomic E-state index is 0.636. The van der Waals surface area contributed by atoms with Crippen LogP contribution >= 0.6 is 27.5 Å². The van der Waals surface area contributed by atoms with Crippen LogP contribution < -0.4 is 0 Å². The molecule has 0 saturated heterocycles. The van der Waals surface area contributed by atoms with Crippen molar-refractivity contribution < 1.29 is 0 Å². The van der Waals surface area contributed by atoms with E-state index in [4.69, 9.17) is 11.6 Å². The lowest BCUT2D eigenvalue weighted by Crippen LogP contribution is -2.29. The molecule has 3 unspecified atom stereocenters. The molecule has 0 aromatic carbocycles. The number of halogens is 2. The molecule has 1 heterocycles. The zero-order valence-corrected chi connectivity index (χ0v) is 13.4. The van der Waals surface area contributed by atoms with Crippen molar-refractivity contribution in [3.63, 3.8) is 0 Å². The number of aromatic nitrogens is 1. The van der Waals surface area contributed by atoms with Gasteiger partial charge >= 0.3 is 0 Å². The minimum Gasteiger partial charge on any atom is -0.263 e. The topological polar surface area (TPSA) is 12.9 Å². The summed E-state index contributed by atoms with van der Waals surface area (Å²) in [7, 11) is 0. The van der Waals surface area contributed by atoms with E-state index in [1.807, 2.05) is 6.20 Å². The first-order chi connectivity index (χ1) is 8.58. The number of hydrogen-bond acceptors (Lipinski definition) is 1. The van der Waals surface area contributed by atoms with Crippen LogP contribution in [0.3, 0.4) is 0 Å². The summed E-state index contributed by atoms with van der Waals surface area (Å²) in [6.07, 6.45) is 8.62. The largest absolute Gasteiger partial charge is 0.263 e. The van der Waals surface area contributed by atoms with Crippen molar-refractivity contribution in [1.29, 1.82) is 0 Å².